The molecule has 11 nitrogen and oxygen atoms in total. The van der Waals surface area contributed by atoms with E-state index in [9.17, 15) is 19.2 Å². The zero-order valence-corrected chi connectivity index (χ0v) is 27.1. The maximum atomic E-state index is 13.9. The van der Waals surface area contributed by atoms with Crippen molar-refractivity contribution in [3.8, 4) is 0 Å². The first-order valence-corrected chi connectivity index (χ1v) is 15.2. The number of likely N-dealkylation sites (N-methyl/N-ethyl adjacent to an activating group) is 2. The summed E-state index contributed by atoms with van der Waals surface area (Å²) in [5.74, 6) is -1.45. The van der Waals surface area contributed by atoms with Gasteiger partial charge in [0.15, 0.2) is 0 Å². The SMILES string of the molecule is CCC[C@H](NC(=O)[C@@H](NC)C(C)C)C(=O)N(C)[C@@H]([C@@H](C)CC)[C@@H](CC(=O)N1CCC[C@H]1[C@H](OC)[C@@H](C)C(N)=O)OC. The molecule has 0 aromatic rings. The average Bonchev–Trinajstić information content (AvgIpc) is 3.41. The zero-order valence-electron chi connectivity index (χ0n) is 27.1. The van der Waals surface area contributed by atoms with Crippen LogP contribution in [0.5, 0.6) is 0 Å². The summed E-state index contributed by atoms with van der Waals surface area (Å²) in [5.41, 5.74) is 5.56. The van der Waals surface area contributed by atoms with Gasteiger partial charge in [-0.3, -0.25) is 19.2 Å². The van der Waals surface area contributed by atoms with Crippen LogP contribution < -0.4 is 16.4 Å². The lowest BCUT2D eigenvalue weighted by molar-refractivity contribution is -0.147. The van der Waals surface area contributed by atoms with Crippen LogP contribution in [0.15, 0.2) is 0 Å². The Morgan fingerprint density at radius 3 is 2.17 bits per heavy atom. The number of nitrogens with two attached hydrogens (primary N) is 1. The van der Waals surface area contributed by atoms with Gasteiger partial charge in [0.25, 0.3) is 0 Å². The molecule has 4 N–H and O–H groups in total. The number of likely N-dealkylation sites (tertiary alicyclic amines) is 1. The summed E-state index contributed by atoms with van der Waals surface area (Å²) in [5, 5.41) is 6.01. The Morgan fingerprint density at radius 2 is 1.71 bits per heavy atom. The van der Waals surface area contributed by atoms with E-state index in [2.05, 4.69) is 10.6 Å². The Morgan fingerprint density at radius 1 is 1.07 bits per heavy atom. The molecule has 8 atom stereocenters. The highest BCUT2D eigenvalue weighted by atomic mass is 16.5. The fourth-order valence-electron chi connectivity index (χ4n) is 6.14. The molecule has 1 saturated heterocycles. The summed E-state index contributed by atoms with van der Waals surface area (Å²) in [6.45, 7) is 12.3. The van der Waals surface area contributed by atoms with Crippen LogP contribution in [0.1, 0.15) is 80.1 Å². The van der Waals surface area contributed by atoms with Crippen molar-refractivity contribution in [2.24, 2.45) is 23.5 Å². The first-order valence-electron chi connectivity index (χ1n) is 15.2. The summed E-state index contributed by atoms with van der Waals surface area (Å²) in [6.07, 6.45) is 2.51. The third-order valence-electron chi connectivity index (χ3n) is 8.75. The van der Waals surface area contributed by atoms with Crippen LogP contribution in [-0.4, -0.2) is 105 Å². The second-order valence-electron chi connectivity index (χ2n) is 11.9. The number of methoxy groups -OCH3 is 2. The van der Waals surface area contributed by atoms with Gasteiger partial charge in [0.2, 0.25) is 23.6 Å². The Balaban J connectivity index is 3.22. The van der Waals surface area contributed by atoms with Gasteiger partial charge >= 0.3 is 0 Å². The van der Waals surface area contributed by atoms with Crippen molar-refractivity contribution in [1.82, 2.24) is 20.4 Å². The standard InChI is InChI=1S/C30H57N5O6/c1-11-14-21(33-29(38)25(32-7)18(3)4)30(39)34(8)26(19(5)12-2)23(40-9)17-24(36)35-16-13-15-22(35)27(41-10)20(6)28(31)37/h18-23,25-27,32H,11-17H2,1-10H3,(H2,31,37)(H,33,38)/t19-,20+,21-,22-,23+,25-,26-,27+/m0/s1. The van der Waals surface area contributed by atoms with E-state index in [1.54, 1.807) is 37.9 Å². The number of rotatable bonds is 18. The van der Waals surface area contributed by atoms with Gasteiger partial charge in [0.1, 0.15) is 6.04 Å². The van der Waals surface area contributed by atoms with E-state index in [-0.39, 0.29) is 42.0 Å². The number of ether oxygens (including phenoxy) is 2. The minimum atomic E-state index is -0.687. The lowest BCUT2D eigenvalue weighted by Gasteiger charge is -2.40. The van der Waals surface area contributed by atoms with Crippen LogP contribution in [-0.2, 0) is 28.7 Å². The fraction of sp³-hybridized carbons (Fsp3) is 0.867. The Bertz CT molecular complexity index is 855. The smallest absolute Gasteiger partial charge is 0.245 e. The third kappa shape index (κ3) is 9.64. The van der Waals surface area contributed by atoms with Crippen molar-refractivity contribution in [3.05, 3.63) is 0 Å². The topological polar surface area (TPSA) is 143 Å². The normalized spacial score (nSPS) is 20.6. The molecule has 1 heterocycles. The van der Waals surface area contributed by atoms with Crippen LogP contribution in [0.2, 0.25) is 0 Å². The first-order chi connectivity index (χ1) is 19.3. The molecule has 0 aliphatic carbocycles. The molecule has 1 fully saturated rings. The van der Waals surface area contributed by atoms with Crippen molar-refractivity contribution in [2.45, 2.75) is 116 Å². The van der Waals surface area contributed by atoms with Crippen molar-refractivity contribution < 1.29 is 28.7 Å². The van der Waals surface area contributed by atoms with Gasteiger partial charge in [0, 0.05) is 27.8 Å². The maximum Gasteiger partial charge on any atom is 0.245 e. The Hall–Kier alpha value is -2.24. The molecule has 0 unspecified atom stereocenters. The average molecular weight is 584 g/mol. The monoisotopic (exact) mass is 583 g/mol. The molecule has 0 aromatic heterocycles. The third-order valence-corrected chi connectivity index (χ3v) is 8.75. The number of carbonyl (C=O) groups excluding carboxylic acids is 4. The highest BCUT2D eigenvalue weighted by Crippen LogP contribution is 2.29. The molecule has 0 bridgehead atoms. The van der Waals surface area contributed by atoms with E-state index in [4.69, 9.17) is 15.2 Å². The molecule has 1 aliphatic heterocycles. The lowest BCUT2D eigenvalue weighted by Crippen LogP contribution is -2.58. The summed E-state index contributed by atoms with van der Waals surface area (Å²) >= 11 is 0. The molecular weight excluding hydrogens is 526 g/mol. The van der Waals surface area contributed by atoms with Crippen LogP contribution in [0.4, 0.5) is 0 Å². The molecule has 0 radical (unpaired) electrons. The number of nitrogens with zero attached hydrogens (tertiary/aromatic N) is 2. The van der Waals surface area contributed by atoms with Crippen molar-refractivity contribution in [1.29, 1.82) is 0 Å². The summed E-state index contributed by atoms with van der Waals surface area (Å²) < 4.78 is 11.6. The van der Waals surface area contributed by atoms with Crippen LogP contribution >= 0.6 is 0 Å². The van der Waals surface area contributed by atoms with Crippen molar-refractivity contribution >= 4 is 23.6 Å². The fourth-order valence-corrected chi connectivity index (χ4v) is 6.14. The van der Waals surface area contributed by atoms with Crippen molar-refractivity contribution in [2.75, 3.05) is 34.9 Å². The van der Waals surface area contributed by atoms with Crippen LogP contribution in [0, 0.1) is 17.8 Å². The lowest BCUT2D eigenvalue weighted by atomic mass is 9.89. The summed E-state index contributed by atoms with van der Waals surface area (Å²) in [7, 11) is 6.57. The van der Waals surface area contributed by atoms with E-state index in [1.807, 2.05) is 34.6 Å². The largest absolute Gasteiger partial charge is 0.379 e. The molecular formula is C30H57N5O6. The second kappa shape index (κ2) is 17.7. The van der Waals surface area contributed by atoms with Gasteiger partial charge in [-0.2, -0.15) is 0 Å². The highest BCUT2D eigenvalue weighted by Gasteiger charge is 2.42. The number of hydrogen-bond acceptors (Lipinski definition) is 7. The molecule has 4 amide bonds. The van der Waals surface area contributed by atoms with Crippen molar-refractivity contribution in [3.63, 3.8) is 0 Å². The van der Waals surface area contributed by atoms with E-state index >= 15 is 0 Å². The van der Waals surface area contributed by atoms with Gasteiger partial charge in [-0.15, -0.1) is 0 Å². The molecule has 41 heavy (non-hydrogen) atoms. The number of hydrogen-bond donors (Lipinski definition) is 3. The molecule has 0 spiro atoms. The van der Waals surface area contributed by atoms with E-state index < -0.39 is 42.2 Å². The second-order valence-corrected chi connectivity index (χ2v) is 11.9. The zero-order chi connectivity index (χ0) is 31.4. The van der Waals surface area contributed by atoms with Gasteiger partial charge in [-0.05, 0) is 38.1 Å². The maximum absolute atomic E-state index is 13.9. The number of nitrogens with one attached hydrogen (secondary N) is 2. The number of primary amides is 1. The van der Waals surface area contributed by atoms with Gasteiger partial charge < -0.3 is 35.6 Å². The van der Waals surface area contributed by atoms with Gasteiger partial charge in [0.05, 0.1) is 42.7 Å². The molecule has 1 aliphatic rings. The summed E-state index contributed by atoms with van der Waals surface area (Å²) in [4.78, 5) is 55.9. The molecule has 238 valence electrons. The molecule has 1 rings (SSSR count). The van der Waals surface area contributed by atoms with Gasteiger partial charge in [-0.1, -0.05) is 54.4 Å². The minimum absolute atomic E-state index is 0.0244. The molecule has 11 heteroatoms. The van der Waals surface area contributed by atoms with Crippen LogP contribution in [0.3, 0.4) is 0 Å². The highest BCUT2D eigenvalue weighted by molar-refractivity contribution is 5.90. The molecule has 0 saturated carbocycles. The van der Waals surface area contributed by atoms with Gasteiger partial charge in [-0.25, -0.2) is 0 Å². The van der Waals surface area contributed by atoms with E-state index in [0.29, 0.717) is 13.0 Å². The van der Waals surface area contributed by atoms with Crippen LogP contribution in [0.25, 0.3) is 0 Å². The number of carbonyl (C=O) groups is 4. The predicted molar refractivity (Wildman–Crippen MR) is 160 cm³/mol. The number of amides is 4. The first kappa shape index (κ1) is 36.8. The quantitative estimate of drug-likeness (QED) is 0.224. The minimum Gasteiger partial charge on any atom is -0.379 e. The predicted octanol–water partition coefficient (Wildman–Crippen LogP) is 1.92. The van der Waals surface area contributed by atoms with E-state index in [0.717, 1.165) is 25.7 Å². The molecule has 0 aromatic carbocycles. The Kier molecular flexibility index (Phi) is 15.8. The summed E-state index contributed by atoms with van der Waals surface area (Å²) in [6, 6.07) is -1.76. The Labute approximate surface area is 247 Å². The van der Waals surface area contributed by atoms with E-state index in [1.165, 1.54) is 7.11 Å².